The van der Waals surface area contributed by atoms with Gasteiger partial charge in [-0.15, -0.1) is 0 Å². The standard InChI is InChI=1S/C23H22ClNO5/c1-15(2)9-11-29-23-21-18(10-12-28-21)13-17(5-8-20(26)25-27)22(23)30-14-16-3-6-19(24)7-4-16/h3-10,12-13,27H,11,14H2,1-2H3,(H,25,26)/b8-5-. The van der Waals surface area contributed by atoms with Crippen LogP contribution in [0.3, 0.4) is 0 Å². The van der Waals surface area contributed by atoms with Gasteiger partial charge in [0.1, 0.15) is 13.2 Å². The summed E-state index contributed by atoms with van der Waals surface area (Å²) in [6, 6.07) is 10.9. The maximum absolute atomic E-state index is 11.5. The van der Waals surface area contributed by atoms with Gasteiger partial charge in [0.2, 0.25) is 5.75 Å². The maximum Gasteiger partial charge on any atom is 0.267 e. The summed E-state index contributed by atoms with van der Waals surface area (Å²) < 4.78 is 17.7. The highest BCUT2D eigenvalue weighted by molar-refractivity contribution is 6.30. The monoisotopic (exact) mass is 427 g/mol. The van der Waals surface area contributed by atoms with Crippen LogP contribution < -0.4 is 15.0 Å². The predicted octanol–water partition coefficient (Wildman–Crippen LogP) is 5.53. The van der Waals surface area contributed by atoms with Crippen molar-refractivity contribution in [1.82, 2.24) is 5.48 Å². The van der Waals surface area contributed by atoms with Crippen LogP contribution >= 0.6 is 11.6 Å². The maximum atomic E-state index is 11.5. The van der Waals surface area contributed by atoms with Crippen molar-refractivity contribution in [2.45, 2.75) is 20.5 Å². The molecule has 0 aliphatic carbocycles. The molecular formula is C23H22ClNO5. The Kier molecular flexibility index (Phi) is 7.17. The van der Waals surface area contributed by atoms with Crippen LogP contribution in [0.5, 0.6) is 11.5 Å². The van der Waals surface area contributed by atoms with E-state index in [1.54, 1.807) is 36.0 Å². The molecule has 6 nitrogen and oxygen atoms in total. The summed E-state index contributed by atoms with van der Waals surface area (Å²) in [5.41, 5.74) is 4.76. The quantitative estimate of drug-likeness (QED) is 0.214. The van der Waals surface area contributed by atoms with E-state index in [1.165, 1.54) is 6.08 Å². The van der Waals surface area contributed by atoms with Crippen molar-refractivity contribution in [3.63, 3.8) is 0 Å². The molecule has 7 heteroatoms. The molecule has 0 fully saturated rings. The first-order valence-electron chi connectivity index (χ1n) is 9.27. The molecule has 3 rings (SSSR count). The Balaban J connectivity index is 2.02. The Hall–Kier alpha value is -3.22. The second kappa shape index (κ2) is 10.0. The van der Waals surface area contributed by atoms with Gasteiger partial charge in [0.25, 0.3) is 5.91 Å². The number of rotatable bonds is 8. The number of halogens is 1. The number of hydrogen-bond acceptors (Lipinski definition) is 5. The van der Waals surface area contributed by atoms with Gasteiger partial charge in [-0.3, -0.25) is 10.0 Å². The molecule has 1 aromatic heterocycles. The van der Waals surface area contributed by atoms with Crippen LogP contribution in [0.4, 0.5) is 0 Å². The minimum atomic E-state index is -0.655. The zero-order valence-electron chi connectivity index (χ0n) is 16.6. The Morgan fingerprint density at radius 1 is 1.17 bits per heavy atom. The highest BCUT2D eigenvalue weighted by Gasteiger charge is 2.18. The van der Waals surface area contributed by atoms with Crippen LogP contribution in [-0.2, 0) is 11.4 Å². The summed E-state index contributed by atoms with van der Waals surface area (Å²) in [6.07, 6.45) is 6.26. The van der Waals surface area contributed by atoms with E-state index in [9.17, 15) is 4.79 Å². The topological polar surface area (TPSA) is 80.9 Å². The smallest absolute Gasteiger partial charge is 0.267 e. The molecule has 0 spiro atoms. The number of hydrogen-bond donors (Lipinski definition) is 2. The second-order valence-electron chi connectivity index (χ2n) is 6.78. The van der Waals surface area contributed by atoms with Crippen molar-refractivity contribution in [2.24, 2.45) is 0 Å². The van der Waals surface area contributed by atoms with Crippen LogP contribution in [0.15, 0.2) is 64.8 Å². The molecule has 0 aliphatic rings. The van der Waals surface area contributed by atoms with Crippen LogP contribution in [-0.4, -0.2) is 17.7 Å². The highest BCUT2D eigenvalue weighted by atomic mass is 35.5. The molecule has 1 amide bonds. The molecule has 0 atom stereocenters. The Morgan fingerprint density at radius 2 is 1.93 bits per heavy atom. The van der Waals surface area contributed by atoms with Crippen molar-refractivity contribution in [3.05, 3.63) is 76.5 Å². The lowest BCUT2D eigenvalue weighted by Gasteiger charge is -2.15. The summed E-state index contributed by atoms with van der Waals surface area (Å²) in [5, 5.41) is 10.2. The number of hydroxylamine groups is 1. The highest BCUT2D eigenvalue weighted by Crippen LogP contribution is 2.41. The molecule has 2 N–H and O–H groups in total. The lowest BCUT2D eigenvalue weighted by atomic mass is 10.1. The number of furan rings is 1. The first-order valence-corrected chi connectivity index (χ1v) is 9.65. The van der Waals surface area contributed by atoms with Gasteiger partial charge in [0, 0.05) is 22.0 Å². The zero-order valence-corrected chi connectivity index (χ0v) is 17.4. The van der Waals surface area contributed by atoms with Gasteiger partial charge in [-0.1, -0.05) is 29.3 Å². The van der Waals surface area contributed by atoms with Crippen LogP contribution in [0, 0.1) is 0 Å². The third-order valence-corrected chi connectivity index (χ3v) is 4.47. The van der Waals surface area contributed by atoms with Crippen LogP contribution in [0.2, 0.25) is 5.02 Å². The number of carbonyl (C=O) groups excluding carboxylic acids is 1. The summed E-state index contributed by atoms with van der Waals surface area (Å²) in [7, 11) is 0. The Morgan fingerprint density at radius 3 is 2.63 bits per heavy atom. The molecule has 0 bridgehead atoms. The van der Waals surface area contributed by atoms with E-state index in [4.69, 9.17) is 30.7 Å². The lowest BCUT2D eigenvalue weighted by molar-refractivity contribution is -0.124. The third-order valence-electron chi connectivity index (χ3n) is 4.22. The molecule has 0 saturated heterocycles. The van der Waals surface area contributed by atoms with Crippen molar-refractivity contribution >= 4 is 34.6 Å². The van der Waals surface area contributed by atoms with Gasteiger partial charge in [0.05, 0.1) is 6.26 Å². The van der Waals surface area contributed by atoms with Gasteiger partial charge in [-0.2, -0.15) is 0 Å². The average molecular weight is 428 g/mol. The van der Waals surface area contributed by atoms with E-state index in [-0.39, 0.29) is 6.61 Å². The third kappa shape index (κ3) is 5.43. The van der Waals surface area contributed by atoms with Gasteiger partial charge in [0.15, 0.2) is 11.3 Å². The summed E-state index contributed by atoms with van der Waals surface area (Å²) >= 11 is 5.95. The van der Waals surface area contributed by atoms with E-state index in [1.807, 2.05) is 38.1 Å². The van der Waals surface area contributed by atoms with E-state index in [2.05, 4.69) is 0 Å². The number of benzene rings is 2. The second-order valence-corrected chi connectivity index (χ2v) is 7.22. The van der Waals surface area contributed by atoms with Gasteiger partial charge in [-0.05, 0) is 55.8 Å². The molecule has 156 valence electrons. The first kappa shape index (κ1) is 21.5. The van der Waals surface area contributed by atoms with E-state index < -0.39 is 5.91 Å². The fraction of sp³-hybridized carbons (Fsp3) is 0.174. The molecular weight excluding hydrogens is 406 g/mol. The van der Waals surface area contributed by atoms with Crippen LogP contribution in [0.1, 0.15) is 25.0 Å². The van der Waals surface area contributed by atoms with Crippen molar-refractivity contribution in [1.29, 1.82) is 0 Å². The zero-order chi connectivity index (χ0) is 21.5. The van der Waals surface area contributed by atoms with E-state index in [0.717, 1.165) is 16.5 Å². The Labute approximate surface area is 179 Å². The van der Waals surface area contributed by atoms with E-state index >= 15 is 0 Å². The number of fused-ring (bicyclic) bond motifs is 1. The molecule has 2 aromatic carbocycles. The normalized spacial score (nSPS) is 10.9. The molecule has 0 saturated carbocycles. The fourth-order valence-corrected chi connectivity index (χ4v) is 2.84. The van der Waals surface area contributed by atoms with Gasteiger partial charge in [-0.25, -0.2) is 5.48 Å². The van der Waals surface area contributed by atoms with Crippen molar-refractivity contribution in [3.8, 4) is 11.5 Å². The minimum Gasteiger partial charge on any atom is -0.484 e. The lowest BCUT2D eigenvalue weighted by Crippen LogP contribution is -2.14. The predicted molar refractivity (Wildman–Crippen MR) is 116 cm³/mol. The Bertz CT molecular complexity index is 1080. The van der Waals surface area contributed by atoms with Crippen molar-refractivity contribution in [2.75, 3.05) is 6.61 Å². The SMILES string of the molecule is CC(C)=CCOc1c(OCc2ccc(Cl)cc2)c(/C=C\C(=O)NO)cc2ccoc12. The molecule has 0 unspecified atom stereocenters. The summed E-state index contributed by atoms with van der Waals surface area (Å²) in [6.45, 7) is 4.56. The van der Waals surface area contributed by atoms with E-state index in [0.29, 0.717) is 34.3 Å². The van der Waals surface area contributed by atoms with Crippen molar-refractivity contribution < 1.29 is 23.9 Å². The minimum absolute atomic E-state index is 0.259. The number of ether oxygens (including phenoxy) is 2. The first-order chi connectivity index (χ1) is 14.5. The van der Waals surface area contributed by atoms with Gasteiger partial charge >= 0.3 is 0 Å². The van der Waals surface area contributed by atoms with Crippen LogP contribution in [0.25, 0.3) is 17.0 Å². The van der Waals surface area contributed by atoms with Gasteiger partial charge < -0.3 is 13.9 Å². The molecule has 30 heavy (non-hydrogen) atoms. The number of carbonyl (C=O) groups is 1. The summed E-state index contributed by atoms with van der Waals surface area (Å²) in [4.78, 5) is 11.5. The number of amides is 1. The molecule has 0 aliphatic heterocycles. The molecule has 1 heterocycles. The largest absolute Gasteiger partial charge is 0.484 e. The number of nitrogens with one attached hydrogen (secondary N) is 1. The fourth-order valence-electron chi connectivity index (χ4n) is 2.72. The molecule has 0 radical (unpaired) electrons. The molecule has 3 aromatic rings. The average Bonchev–Trinajstić information content (AvgIpc) is 3.20. The summed E-state index contributed by atoms with van der Waals surface area (Å²) in [5.74, 6) is 0.211. The number of allylic oxidation sites excluding steroid dienone is 1.